The molecule has 1 aromatic heterocycles. The Morgan fingerprint density at radius 1 is 1.53 bits per heavy atom. The first-order chi connectivity index (χ1) is 8.06. The van der Waals surface area contributed by atoms with Crippen molar-refractivity contribution >= 4 is 17.4 Å². The van der Waals surface area contributed by atoms with Gasteiger partial charge in [-0.15, -0.1) is 0 Å². The predicted octanol–water partition coefficient (Wildman–Crippen LogP) is 2.66. The minimum atomic E-state index is -0.406. The molecule has 0 radical (unpaired) electrons. The van der Waals surface area contributed by atoms with E-state index in [1.807, 2.05) is 0 Å². The van der Waals surface area contributed by atoms with Crippen LogP contribution in [0.3, 0.4) is 0 Å². The lowest BCUT2D eigenvalue weighted by Gasteiger charge is -2.00. The molecule has 0 bridgehead atoms. The van der Waals surface area contributed by atoms with Crippen molar-refractivity contribution in [2.75, 3.05) is 0 Å². The number of Topliss-reactive ketones (excluding diaryl/α,β-unsaturated/α-hetero) is 1. The zero-order valence-electron chi connectivity index (χ0n) is 8.91. The maximum Gasteiger partial charge on any atom is 0.293 e. The van der Waals surface area contributed by atoms with Gasteiger partial charge in [0.15, 0.2) is 5.82 Å². The zero-order valence-corrected chi connectivity index (χ0v) is 9.66. The van der Waals surface area contributed by atoms with Crippen LogP contribution in [0.5, 0.6) is 0 Å². The molecule has 0 aliphatic carbocycles. The molecule has 0 saturated carbocycles. The van der Waals surface area contributed by atoms with Crippen molar-refractivity contribution in [2.45, 2.75) is 13.3 Å². The van der Waals surface area contributed by atoms with Crippen LogP contribution in [0.2, 0.25) is 5.02 Å². The van der Waals surface area contributed by atoms with Gasteiger partial charge in [0.2, 0.25) is 5.78 Å². The Kier molecular flexibility index (Phi) is 3.19. The quantitative estimate of drug-likeness (QED) is 0.790. The monoisotopic (exact) mass is 254 g/mol. The van der Waals surface area contributed by atoms with Crippen LogP contribution in [0.25, 0.3) is 0 Å². The molecule has 2 aromatic rings. The number of benzene rings is 1. The molecule has 4 nitrogen and oxygen atoms in total. The maximum absolute atomic E-state index is 12.8. The predicted molar refractivity (Wildman–Crippen MR) is 58.5 cm³/mol. The van der Waals surface area contributed by atoms with Crippen molar-refractivity contribution in [3.05, 3.63) is 46.3 Å². The van der Waals surface area contributed by atoms with Crippen LogP contribution >= 0.6 is 11.6 Å². The number of rotatable bonds is 3. The fourth-order valence-corrected chi connectivity index (χ4v) is 1.54. The second-order valence-corrected chi connectivity index (χ2v) is 3.89. The van der Waals surface area contributed by atoms with E-state index in [9.17, 15) is 9.18 Å². The number of nitrogens with zero attached hydrogens (tertiary/aromatic N) is 2. The first-order valence-corrected chi connectivity index (χ1v) is 5.21. The van der Waals surface area contributed by atoms with Gasteiger partial charge < -0.3 is 4.52 Å². The summed E-state index contributed by atoms with van der Waals surface area (Å²) < 4.78 is 17.6. The number of hydrogen-bond donors (Lipinski definition) is 0. The lowest BCUT2D eigenvalue weighted by atomic mass is 10.1. The van der Waals surface area contributed by atoms with Gasteiger partial charge in [0.05, 0.1) is 0 Å². The van der Waals surface area contributed by atoms with Crippen LogP contribution < -0.4 is 0 Å². The van der Waals surface area contributed by atoms with Gasteiger partial charge in [0, 0.05) is 18.4 Å². The Morgan fingerprint density at radius 3 is 2.88 bits per heavy atom. The molecule has 17 heavy (non-hydrogen) atoms. The van der Waals surface area contributed by atoms with E-state index in [-0.39, 0.29) is 18.1 Å². The van der Waals surface area contributed by atoms with E-state index in [0.717, 1.165) is 0 Å². The molecule has 0 amide bonds. The fraction of sp³-hybridized carbons (Fsp3) is 0.182. The number of hydrogen-bond acceptors (Lipinski definition) is 4. The highest BCUT2D eigenvalue weighted by molar-refractivity contribution is 6.31. The van der Waals surface area contributed by atoms with Gasteiger partial charge in [-0.3, -0.25) is 4.79 Å². The molecule has 0 aliphatic rings. The summed E-state index contributed by atoms with van der Waals surface area (Å²) in [4.78, 5) is 14.8. The molecular weight excluding hydrogens is 247 g/mol. The maximum atomic E-state index is 12.8. The second-order valence-electron chi connectivity index (χ2n) is 3.48. The number of halogens is 2. The Morgan fingerprint density at radius 2 is 2.29 bits per heavy atom. The van der Waals surface area contributed by atoms with Gasteiger partial charge in [0.1, 0.15) is 5.82 Å². The molecule has 0 saturated heterocycles. The summed E-state index contributed by atoms with van der Waals surface area (Å²) in [6.45, 7) is 1.34. The summed E-state index contributed by atoms with van der Waals surface area (Å²) in [5.74, 6) is -0.410. The SMILES string of the molecule is CC(=O)c1nc(Cc2ccc(F)cc2Cl)no1. The average Bonchev–Trinajstić information content (AvgIpc) is 2.71. The summed E-state index contributed by atoms with van der Waals surface area (Å²) in [7, 11) is 0. The molecule has 1 aromatic carbocycles. The van der Waals surface area contributed by atoms with Crippen LogP contribution in [0.1, 0.15) is 29.0 Å². The van der Waals surface area contributed by atoms with Crippen molar-refractivity contribution in [1.29, 1.82) is 0 Å². The van der Waals surface area contributed by atoms with Crippen LogP contribution in [-0.2, 0) is 6.42 Å². The summed E-state index contributed by atoms with van der Waals surface area (Å²) in [5.41, 5.74) is 0.670. The van der Waals surface area contributed by atoms with Gasteiger partial charge >= 0.3 is 0 Å². The van der Waals surface area contributed by atoms with Crippen molar-refractivity contribution in [3.63, 3.8) is 0 Å². The lowest BCUT2D eigenvalue weighted by Crippen LogP contribution is -1.95. The Labute approximate surface area is 101 Å². The smallest absolute Gasteiger partial charge is 0.293 e. The molecule has 0 N–H and O–H groups in total. The topological polar surface area (TPSA) is 56.0 Å². The van der Waals surface area contributed by atoms with E-state index in [0.29, 0.717) is 16.4 Å². The molecule has 0 spiro atoms. The summed E-state index contributed by atoms with van der Waals surface area (Å²) in [6, 6.07) is 4.05. The molecular formula is C11H8ClFN2O2. The first-order valence-electron chi connectivity index (χ1n) is 4.83. The van der Waals surface area contributed by atoms with E-state index in [4.69, 9.17) is 16.1 Å². The van der Waals surface area contributed by atoms with Crippen LogP contribution in [0, 0.1) is 5.82 Å². The molecule has 6 heteroatoms. The largest absolute Gasteiger partial charge is 0.331 e. The molecule has 0 fully saturated rings. The Hall–Kier alpha value is -1.75. The summed E-state index contributed by atoms with van der Waals surface area (Å²) in [5, 5.41) is 3.93. The number of aromatic nitrogens is 2. The van der Waals surface area contributed by atoms with E-state index < -0.39 is 5.82 Å². The Balaban J connectivity index is 2.22. The Bertz CT molecular complexity index is 568. The number of carbonyl (C=O) groups excluding carboxylic acids is 1. The third kappa shape index (κ3) is 2.68. The van der Waals surface area contributed by atoms with Gasteiger partial charge in [-0.2, -0.15) is 4.98 Å². The second kappa shape index (κ2) is 4.63. The van der Waals surface area contributed by atoms with E-state index in [2.05, 4.69) is 10.1 Å². The van der Waals surface area contributed by atoms with Gasteiger partial charge in [-0.25, -0.2) is 4.39 Å². The van der Waals surface area contributed by atoms with Gasteiger partial charge in [-0.05, 0) is 17.7 Å². The van der Waals surface area contributed by atoms with Gasteiger partial charge in [0.25, 0.3) is 5.89 Å². The highest BCUT2D eigenvalue weighted by atomic mass is 35.5. The number of ketones is 1. The van der Waals surface area contributed by atoms with Crippen LogP contribution in [0.4, 0.5) is 4.39 Å². The molecule has 1 heterocycles. The molecule has 88 valence electrons. The third-order valence-corrected chi connectivity index (χ3v) is 2.48. The van der Waals surface area contributed by atoms with Crippen LogP contribution in [0.15, 0.2) is 22.7 Å². The fourth-order valence-electron chi connectivity index (χ4n) is 1.30. The minimum absolute atomic E-state index is 0.0433. The van der Waals surface area contributed by atoms with Crippen LogP contribution in [-0.4, -0.2) is 15.9 Å². The van der Waals surface area contributed by atoms with E-state index in [1.165, 1.54) is 19.1 Å². The molecule has 0 atom stereocenters. The lowest BCUT2D eigenvalue weighted by molar-refractivity contribution is 0.0972. The molecule has 0 aliphatic heterocycles. The molecule has 0 unspecified atom stereocenters. The van der Waals surface area contributed by atoms with E-state index in [1.54, 1.807) is 6.07 Å². The van der Waals surface area contributed by atoms with Crippen molar-refractivity contribution < 1.29 is 13.7 Å². The van der Waals surface area contributed by atoms with Crippen molar-refractivity contribution in [3.8, 4) is 0 Å². The normalized spacial score (nSPS) is 10.5. The molecule has 2 rings (SSSR count). The minimum Gasteiger partial charge on any atom is -0.331 e. The average molecular weight is 255 g/mol. The van der Waals surface area contributed by atoms with Crippen molar-refractivity contribution in [1.82, 2.24) is 10.1 Å². The highest BCUT2D eigenvalue weighted by Crippen LogP contribution is 2.19. The summed E-state index contributed by atoms with van der Waals surface area (Å²) in [6.07, 6.45) is 0.288. The third-order valence-electron chi connectivity index (χ3n) is 2.13. The zero-order chi connectivity index (χ0) is 12.4. The first kappa shape index (κ1) is 11.7. The number of carbonyl (C=O) groups is 1. The highest BCUT2D eigenvalue weighted by Gasteiger charge is 2.12. The van der Waals surface area contributed by atoms with E-state index >= 15 is 0 Å². The summed E-state index contributed by atoms with van der Waals surface area (Å²) >= 11 is 5.86. The van der Waals surface area contributed by atoms with Gasteiger partial charge in [-0.1, -0.05) is 22.8 Å². The standard InChI is InChI=1S/C11H8ClFN2O2/c1-6(16)11-14-10(15-17-11)4-7-2-3-8(13)5-9(7)12/h2-3,5H,4H2,1H3. The van der Waals surface area contributed by atoms with Crippen molar-refractivity contribution in [2.24, 2.45) is 0 Å².